The number of carbonyl (C=O) groups excluding carboxylic acids is 2. The summed E-state index contributed by atoms with van der Waals surface area (Å²) >= 11 is 6.37. The molecule has 0 radical (unpaired) electrons. The van der Waals surface area contributed by atoms with Gasteiger partial charge in [-0.2, -0.15) is 0 Å². The highest BCUT2D eigenvalue weighted by Gasteiger charge is 2.32. The Kier molecular flexibility index (Phi) is 10.2. The quantitative estimate of drug-likeness (QED) is 0.354. The van der Waals surface area contributed by atoms with Crippen molar-refractivity contribution >= 4 is 39.1 Å². The van der Waals surface area contributed by atoms with Crippen LogP contribution in [0.15, 0.2) is 83.8 Å². The molecule has 1 atom stereocenters. The Labute approximate surface area is 229 Å². The SMILES string of the molecule is CCCNC(=O)C(C)N(Cc1ccccc1Cl)C(=O)CN(c1cccc(OC)c1)S(=O)(=O)c1ccccc1. The lowest BCUT2D eigenvalue weighted by Crippen LogP contribution is -2.51. The summed E-state index contributed by atoms with van der Waals surface area (Å²) in [6.07, 6.45) is 0.732. The van der Waals surface area contributed by atoms with Gasteiger partial charge in [0.05, 0.1) is 17.7 Å². The first kappa shape index (κ1) is 29.0. The molecule has 1 unspecified atom stereocenters. The van der Waals surface area contributed by atoms with Gasteiger partial charge in [-0.3, -0.25) is 13.9 Å². The molecule has 0 saturated heterocycles. The van der Waals surface area contributed by atoms with Gasteiger partial charge in [0.15, 0.2) is 0 Å². The summed E-state index contributed by atoms with van der Waals surface area (Å²) < 4.78 is 33.8. The van der Waals surface area contributed by atoms with E-state index in [1.165, 1.54) is 24.1 Å². The molecule has 3 rings (SSSR count). The summed E-state index contributed by atoms with van der Waals surface area (Å²) in [5.41, 5.74) is 0.888. The van der Waals surface area contributed by atoms with E-state index in [9.17, 15) is 18.0 Å². The number of amides is 2. The van der Waals surface area contributed by atoms with Crippen LogP contribution in [0.4, 0.5) is 5.69 Å². The maximum Gasteiger partial charge on any atom is 0.264 e. The van der Waals surface area contributed by atoms with Crippen molar-refractivity contribution in [1.82, 2.24) is 10.2 Å². The number of nitrogens with one attached hydrogen (secondary N) is 1. The molecule has 0 saturated carbocycles. The lowest BCUT2D eigenvalue weighted by molar-refractivity contribution is -0.139. The number of ether oxygens (including phenoxy) is 1. The maximum atomic E-state index is 13.9. The van der Waals surface area contributed by atoms with Crippen LogP contribution in [0.3, 0.4) is 0 Å². The predicted molar refractivity (Wildman–Crippen MR) is 149 cm³/mol. The Bertz CT molecular complexity index is 1350. The van der Waals surface area contributed by atoms with Crippen molar-refractivity contribution in [3.05, 3.63) is 89.4 Å². The van der Waals surface area contributed by atoms with Gasteiger partial charge in [-0.25, -0.2) is 8.42 Å². The number of methoxy groups -OCH3 is 1. The highest BCUT2D eigenvalue weighted by atomic mass is 35.5. The van der Waals surface area contributed by atoms with E-state index < -0.39 is 28.5 Å². The highest BCUT2D eigenvalue weighted by molar-refractivity contribution is 7.92. The number of benzene rings is 3. The minimum Gasteiger partial charge on any atom is -0.497 e. The number of rotatable bonds is 12. The van der Waals surface area contributed by atoms with Crippen LogP contribution >= 0.6 is 11.6 Å². The first-order chi connectivity index (χ1) is 18.2. The zero-order valence-corrected chi connectivity index (χ0v) is 23.2. The topological polar surface area (TPSA) is 96.0 Å². The van der Waals surface area contributed by atoms with E-state index in [-0.39, 0.29) is 23.0 Å². The van der Waals surface area contributed by atoms with Crippen molar-refractivity contribution in [3.63, 3.8) is 0 Å². The average molecular weight is 558 g/mol. The fraction of sp³-hybridized carbons (Fsp3) is 0.286. The van der Waals surface area contributed by atoms with Gasteiger partial charge in [0, 0.05) is 24.2 Å². The lowest BCUT2D eigenvalue weighted by atomic mass is 10.1. The third-order valence-electron chi connectivity index (χ3n) is 5.97. The van der Waals surface area contributed by atoms with Crippen LogP contribution in [0.1, 0.15) is 25.8 Å². The fourth-order valence-electron chi connectivity index (χ4n) is 3.80. The Balaban J connectivity index is 2.03. The molecule has 0 aromatic heterocycles. The van der Waals surface area contributed by atoms with Gasteiger partial charge < -0.3 is 15.0 Å². The van der Waals surface area contributed by atoms with Crippen molar-refractivity contribution in [1.29, 1.82) is 0 Å². The molecule has 8 nitrogen and oxygen atoms in total. The van der Waals surface area contributed by atoms with Crippen molar-refractivity contribution < 1.29 is 22.7 Å². The van der Waals surface area contributed by atoms with Crippen LogP contribution in [-0.2, 0) is 26.2 Å². The fourth-order valence-corrected chi connectivity index (χ4v) is 5.43. The Hall–Kier alpha value is -3.56. The van der Waals surface area contributed by atoms with E-state index in [0.29, 0.717) is 22.9 Å². The van der Waals surface area contributed by atoms with E-state index in [1.807, 2.05) is 6.92 Å². The Morgan fingerprint density at radius 2 is 1.68 bits per heavy atom. The molecule has 2 amide bonds. The van der Waals surface area contributed by atoms with Crippen LogP contribution in [0, 0.1) is 0 Å². The van der Waals surface area contributed by atoms with E-state index in [2.05, 4.69) is 5.32 Å². The number of carbonyl (C=O) groups is 2. The molecule has 38 heavy (non-hydrogen) atoms. The summed E-state index contributed by atoms with van der Waals surface area (Å²) in [4.78, 5) is 28.1. The van der Waals surface area contributed by atoms with E-state index in [0.717, 1.165) is 10.7 Å². The smallest absolute Gasteiger partial charge is 0.264 e. The molecule has 202 valence electrons. The lowest BCUT2D eigenvalue weighted by Gasteiger charge is -2.32. The largest absolute Gasteiger partial charge is 0.497 e. The number of nitrogens with zero attached hydrogens (tertiary/aromatic N) is 2. The minimum atomic E-state index is -4.15. The van der Waals surface area contributed by atoms with E-state index in [4.69, 9.17) is 16.3 Å². The van der Waals surface area contributed by atoms with Gasteiger partial charge in [-0.1, -0.05) is 61.0 Å². The molecule has 10 heteroatoms. The number of sulfonamides is 1. The number of anilines is 1. The standard InChI is InChI=1S/C28H32ClN3O5S/c1-4-17-30-28(34)21(2)31(19-22-11-8-9-16-26(22)29)27(33)20-32(23-12-10-13-24(18-23)37-3)38(35,36)25-14-6-5-7-15-25/h5-16,18,21H,4,17,19-20H2,1-3H3,(H,30,34). The molecule has 1 N–H and O–H groups in total. The molecular weight excluding hydrogens is 526 g/mol. The van der Waals surface area contributed by atoms with Gasteiger partial charge in [0.2, 0.25) is 11.8 Å². The normalized spacial score (nSPS) is 11.9. The summed E-state index contributed by atoms with van der Waals surface area (Å²) in [5, 5.41) is 3.25. The van der Waals surface area contributed by atoms with Crippen LogP contribution < -0.4 is 14.4 Å². The molecule has 0 heterocycles. The van der Waals surface area contributed by atoms with Crippen molar-refractivity contribution in [3.8, 4) is 5.75 Å². The molecule has 3 aromatic carbocycles. The monoisotopic (exact) mass is 557 g/mol. The third-order valence-corrected chi connectivity index (χ3v) is 8.12. The van der Waals surface area contributed by atoms with Crippen LogP contribution in [0.25, 0.3) is 0 Å². The summed E-state index contributed by atoms with van der Waals surface area (Å²) in [6, 6.07) is 20.5. The summed E-state index contributed by atoms with van der Waals surface area (Å²) in [6.45, 7) is 3.48. The van der Waals surface area contributed by atoms with Gasteiger partial charge in [0.25, 0.3) is 10.0 Å². The second-order valence-electron chi connectivity index (χ2n) is 8.61. The summed E-state index contributed by atoms with van der Waals surface area (Å²) in [7, 11) is -2.67. The number of hydrogen-bond donors (Lipinski definition) is 1. The second kappa shape index (κ2) is 13.3. The average Bonchev–Trinajstić information content (AvgIpc) is 2.94. The van der Waals surface area contributed by atoms with E-state index >= 15 is 0 Å². The highest BCUT2D eigenvalue weighted by Crippen LogP contribution is 2.28. The van der Waals surface area contributed by atoms with Crippen molar-refractivity contribution in [2.24, 2.45) is 0 Å². The molecule has 0 aliphatic rings. The molecule has 0 aliphatic carbocycles. The molecule has 0 aliphatic heterocycles. The maximum absolute atomic E-state index is 13.9. The Morgan fingerprint density at radius 1 is 1.00 bits per heavy atom. The van der Waals surface area contributed by atoms with E-state index in [1.54, 1.807) is 73.7 Å². The molecule has 0 spiro atoms. The second-order valence-corrected chi connectivity index (χ2v) is 10.9. The van der Waals surface area contributed by atoms with Crippen molar-refractivity contribution in [2.45, 2.75) is 37.8 Å². The molecule has 0 fully saturated rings. The minimum absolute atomic E-state index is 0.0244. The van der Waals surface area contributed by atoms with Gasteiger partial charge in [0.1, 0.15) is 18.3 Å². The van der Waals surface area contributed by atoms with Crippen LogP contribution in [0.5, 0.6) is 5.75 Å². The third kappa shape index (κ3) is 7.05. The van der Waals surface area contributed by atoms with Crippen LogP contribution in [0.2, 0.25) is 5.02 Å². The number of halogens is 1. The molecular formula is C28H32ClN3O5S. The van der Waals surface area contributed by atoms with Gasteiger partial charge in [-0.05, 0) is 49.2 Å². The zero-order chi connectivity index (χ0) is 27.7. The Morgan fingerprint density at radius 3 is 2.34 bits per heavy atom. The first-order valence-electron chi connectivity index (χ1n) is 12.2. The van der Waals surface area contributed by atoms with Crippen molar-refractivity contribution in [2.75, 3.05) is 24.5 Å². The predicted octanol–water partition coefficient (Wildman–Crippen LogP) is 4.49. The zero-order valence-electron chi connectivity index (χ0n) is 21.6. The number of hydrogen-bond acceptors (Lipinski definition) is 5. The van der Waals surface area contributed by atoms with Gasteiger partial charge >= 0.3 is 0 Å². The summed E-state index contributed by atoms with van der Waals surface area (Å²) in [5.74, 6) is -0.471. The van der Waals surface area contributed by atoms with Gasteiger partial charge in [-0.15, -0.1) is 0 Å². The first-order valence-corrected chi connectivity index (χ1v) is 14.0. The molecule has 0 bridgehead atoms. The molecule has 3 aromatic rings. The van der Waals surface area contributed by atoms with Crippen LogP contribution in [-0.4, -0.2) is 51.4 Å².